The van der Waals surface area contributed by atoms with Crippen LogP contribution in [0, 0.1) is 12.3 Å². The Hall–Kier alpha value is -1.60. The molecule has 0 amide bonds. The highest BCUT2D eigenvalue weighted by Crippen LogP contribution is 2.14. The number of guanidine groups is 1. The molecule has 0 saturated carbocycles. The number of nitrogens with zero attached hydrogens (tertiary/aromatic N) is 3. The molecule has 0 atom stereocenters. The molecule has 5 heteroatoms. The van der Waals surface area contributed by atoms with E-state index >= 15 is 0 Å². The molecule has 0 aliphatic rings. The second-order valence-corrected chi connectivity index (χ2v) is 4.43. The molecule has 18 heavy (non-hydrogen) atoms. The van der Waals surface area contributed by atoms with Gasteiger partial charge in [-0.05, 0) is 13.0 Å². The molecule has 4 nitrogen and oxygen atoms in total. The summed E-state index contributed by atoms with van der Waals surface area (Å²) in [5.41, 5.74) is 1.12. The van der Waals surface area contributed by atoms with Crippen LogP contribution in [0.5, 0.6) is 0 Å². The maximum atomic E-state index is 5.96. The summed E-state index contributed by atoms with van der Waals surface area (Å²) >= 11 is 5.96. The first-order valence-corrected chi connectivity index (χ1v) is 6.20. The number of terminal acetylenes is 1. The minimum Gasteiger partial charge on any atom is -0.356 e. The number of aryl methyl sites for hydroxylation is 1. The molecule has 0 aliphatic carbocycles. The van der Waals surface area contributed by atoms with Crippen LogP contribution in [-0.2, 0) is 13.6 Å². The van der Waals surface area contributed by atoms with Crippen LogP contribution in [0.2, 0.25) is 5.02 Å². The lowest BCUT2D eigenvalue weighted by Crippen LogP contribution is -2.38. The Balaban J connectivity index is 2.75. The summed E-state index contributed by atoms with van der Waals surface area (Å²) in [4.78, 5) is 6.34. The van der Waals surface area contributed by atoms with Crippen LogP contribution in [0.4, 0.5) is 0 Å². The van der Waals surface area contributed by atoms with Gasteiger partial charge in [0.05, 0.1) is 11.6 Å². The molecule has 0 fully saturated rings. The first-order chi connectivity index (χ1) is 8.58. The molecule has 1 heterocycles. The van der Waals surface area contributed by atoms with Crippen molar-refractivity contribution < 1.29 is 0 Å². The summed E-state index contributed by atoms with van der Waals surface area (Å²) in [6.45, 7) is 3.93. The van der Waals surface area contributed by atoms with Crippen molar-refractivity contribution in [1.29, 1.82) is 0 Å². The Labute approximate surface area is 114 Å². The monoisotopic (exact) mass is 266 g/mol. The molecule has 0 spiro atoms. The maximum Gasteiger partial charge on any atom is 0.194 e. The van der Waals surface area contributed by atoms with E-state index in [2.05, 4.69) is 16.2 Å². The fraction of sp³-hybridized carbons (Fsp3) is 0.462. The molecular weight excluding hydrogens is 248 g/mol. The highest BCUT2D eigenvalue weighted by atomic mass is 35.5. The van der Waals surface area contributed by atoms with E-state index in [1.807, 2.05) is 42.7 Å². The molecule has 1 aromatic heterocycles. The van der Waals surface area contributed by atoms with E-state index in [1.165, 1.54) is 0 Å². The first kappa shape index (κ1) is 14.5. The van der Waals surface area contributed by atoms with Crippen LogP contribution >= 0.6 is 11.6 Å². The minimum atomic E-state index is 0.376. The van der Waals surface area contributed by atoms with E-state index in [-0.39, 0.29) is 0 Å². The third kappa shape index (κ3) is 4.01. The fourth-order valence-corrected chi connectivity index (χ4v) is 1.90. The predicted octanol–water partition coefficient (Wildman–Crippen LogP) is 1.71. The Kier molecular flexibility index (Phi) is 5.60. The van der Waals surface area contributed by atoms with E-state index in [9.17, 15) is 0 Å². The van der Waals surface area contributed by atoms with Crippen molar-refractivity contribution >= 4 is 17.6 Å². The van der Waals surface area contributed by atoms with Crippen LogP contribution in [-0.4, -0.2) is 35.6 Å². The van der Waals surface area contributed by atoms with Gasteiger partial charge in [0, 0.05) is 32.5 Å². The maximum absolute atomic E-state index is 5.96. The average Bonchev–Trinajstić information content (AvgIpc) is 2.63. The number of aromatic nitrogens is 1. The van der Waals surface area contributed by atoms with Gasteiger partial charge in [0.2, 0.25) is 0 Å². The van der Waals surface area contributed by atoms with Crippen molar-refractivity contribution in [1.82, 2.24) is 14.8 Å². The van der Waals surface area contributed by atoms with Gasteiger partial charge < -0.3 is 14.8 Å². The number of hydrogen-bond acceptors (Lipinski definition) is 1. The molecule has 0 unspecified atom stereocenters. The van der Waals surface area contributed by atoms with Gasteiger partial charge in [-0.1, -0.05) is 17.5 Å². The van der Waals surface area contributed by atoms with Crippen LogP contribution in [0.25, 0.3) is 0 Å². The van der Waals surface area contributed by atoms with E-state index in [4.69, 9.17) is 18.0 Å². The van der Waals surface area contributed by atoms with E-state index in [1.54, 1.807) is 0 Å². The lowest BCUT2D eigenvalue weighted by Gasteiger charge is -2.22. The van der Waals surface area contributed by atoms with Crippen molar-refractivity contribution in [3.05, 3.63) is 23.0 Å². The molecule has 1 rings (SSSR count). The molecule has 1 N–H and O–H groups in total. The molecular formula is C13H19ClN4. The lowest BCUT2D eigenvalue weighted by atomic mass is 10.4. The highest BCUT2D eigenvalue weighted by Gasteiger charge is 2.09. The number of halogens is 1. The van der Waals surface area contributed by atoms with Crippen molar-refractivity contribution in [3.63, 3.8) is 0 Å². The van der Waals surface area contributed by atoms with Crippen LogP contribution in [0.15, 0.2) is 17.3 Å². The zero-order valence-electron chi connectivity index (χ0n) is 11.1. The summed E-state index contributed by atoms with van der Waals surface area (Å²) in [5.74, 6) is 3.31. The third-order valence-corrected chi connectivity index (χ3v) is 2.70. The largest absolute Gasteiger partial charge is 0.356 e. The molecule has 1 aromatic rings. The number of nitrogens with one attached hydrogen (secondary N) is 1. The smallest absolute Gasteiger partial charge is 0.194 e. The van der Waals surface area contributed by atoms with Gasteiger partial charge in [-0.15, -0.1) is 6.42 Å². The van der Waals surface area contributed by atoms with Gasteiger partial charge in [-0.2, -0.15) is 0 Å². The van der Waals surface area contributed by atoms with Gasteiger partial charge in [0.15, 0.2) is 5.96 Å². The quantitative estimate of drug-likeness (QED) is 0.511. The summed E-state index contributed by atoms with van der Waals surface area (Å²) in [7, 11) is 3.94. The Morgan fingerprint density at radius 2 is 2.39 bits per heavy atom. The highest BCUT2D eigenvalue weighted by molar-refractivity contribution is 6.30. The van der Waals surface area contributed by atoms with Crippen molar-refractivity contribution in [2.45, 2.75) is 13.5 Å². The van der Waals surface area contributed by atoms with Gasteiger partial charge in [0.25, 0.3) is 0 Å². The normalized spacial score (nSPS) is 11.2. The second-order valence-electron chi connectivity index (χ2n) is 3.99. The first-order valence-electron chi connectivity index (χ1n) is 5.82. The SMILES string of the molecule is C#CCN=C(NCC)N(C)Cc1cc(Cl)cn1C. The van der Waals surface area contributed by atoms with Gasteiger partial charge in [-0.25, -0.2) is 4.99 Å². The summed E-state index contributed by atoms with van der Waals surface area (Å²) in [6.07, 6.45) is 7.11. The molecule has 0 aromatic carbocycles. The number of aliphatic imine (C=N–C) groups is 1. The summed E-state index contributed by atoms with van der Waals surface area (Å²) in [6, 6.07) is 1.95. The number of hydrogen-bond donors (Lipinski definition) is 1. The molecule has 0 bridgehead atoms. The second kappa shape index (κ2) is 6.97. The van der Waals surface area contributed by atoms with Crippen molar-refractivity contribution in [2.24, 2.45) is 12.0 Å². The Morgan fingerprint density at radius 1 is 1.67 bits per heavy atom. The minimum absolute atomic E-state index is 0.376. The standard InChI is InChI=1S/C13H19ClN4/c1-5-7-16-13(15-6-2)18(4)10-12-8-11(14)9-17(12)3/h1,8-9H,6-7,10H2,2-4H3,(H,15,16). The van der Waals surface area contributed by atoms with Crippen LogP contribution in [0.3, 0.4) is 0 Å². The zero-order valence-corrected chi connectivity index (χ0v) is 11.8. The fourth-order valence-electron chi connectivity index (χ4n) is 1.63. The topological polar surface area (TPSA) is 32.6 Å². The Morgan fingerprint density at radius 3 is 2.89 bits per heavy atom. The molecule has 0 aliphatic heterocycles. The lowest BCUT2D eigenvalue weighted by molar-refractivity contribution is 0.463. The van der Waals surface area contributed by atoms with E-state index < -0.39 is 0 Å². The Bertz CT molecular complexity index is 456. The van der Waals surface area contributed by atoms with Crippen LogP contribution < -0.4 is 5.32 Å². The zero-order chi connectivity index (χ0) is 13.5. The van der Waals surface area contributed by atoms with E-state index in [0.29, 0.717) is 6.54 Å². The molecule has 0 radical (unpaired) electrons. The summed E-state index contributed by atoms with van der Waals surface area (Å²) < 4.78 is 2.00. The third-order valence-electron chi connectivity index (χ3n) is 2.49. The number of rotatable bonds is 4. The predicted molar refractivity (Wildman–Crippen MR) is 76.7 cm³/mol. The van der Waals surface area contributed by atoms with E-state index in [0.717, 1.165) is 29.8 Å². The van der Waals surface area contributed by atoms with Gasteiger partial charge in [0.1, 0.15) is 6.54 Å². The van der Waals surface area contributed by atoms with Gasteiger partial charge in [-0.3, -0.25) is 0 Å². The average molecular weight is 267 g/mol. The van der Waals surface area contributed by atoms with Gasteiger partial charge >= 0.3 is 0 Å². The van der Waals surface area contributed by atoms with Crippen LogP contribution in [0.1, 0.15) is 12.6 Å². The summed E-state index contributed by atoms with van der Waals surface area (Å²) in [5, 5.41) is 3.94. The molecule has 0 saturated heterocycles. The molecule has 98 valence electrons. The van der Waals surface area contributed by atoms with Crippen molar-refractivity contribution in [3.8, 4) is 12.3 Å². The van der Waals surface area contributed by atoms with Crippen molar-refractivity contribution in [2.75, 3.05) is 20.1 Å².